The van der Waals surface area contributed by atoms with Crippen molar-refractivity contribution in [1.29, 1.82) is 0 Å². The van der Waals surface area contributed by atoms with Gasteiger partial charge in [-0.15, -0.1) is 0 Å². The second-order valence-corrected chi connectivity index (χ2v) is 11.3. The fourth-order valence-corrected chi connectivity index (χ4v) is 5.99. The molecule has 0 aliphatic carbocycles. The number of anilines is 1. The molecule has 4 rings (SSSR count). The Bertz CT molecular complexity index is 1550. The van der Waals surface area contributed by atoms with Gasteiger partial charge >= 0.3 is 12.1 Å². The van der Waals surface area contributed by atoms with Crippen LogP contribution in [-0.4, -0.2) is 34.1 Å². The Kier molecular flexibility index (Phi) is 8.46. The quantitative estimate of drug-likeness (QED) is 0.167. The summed E-state index contributed by atoms with van der Waals surface area (Å²) in [5, 5.41) is 0.183. The molecular weight excluding hydrogens is 574 g/mol. The summed E-state index contributed by atoms with van der Waals surface area (Å²) in [5.74, 6) is -0.919. The van der Waals surface area contributed by atoms with Crippen LogP contribution >= 0.6 is 11.6 Å². The van der Waals surface area contributed by atoms with Crippen LogP contribution in [0.25, 0.3) is 11.6 Å². The molecule has 1 atom stereocenters. The molecule has 0 fully saturated rings. The number of carbonyl (C=O) groups excluding carboxylic acids is 1. The number of rotatable bonds is 7. The maximum absolute atomic E-state index is 14.4. The third-order valence-corrected chi connectivity index (χ3v) is 8.46. The van der Waals surface area contributed by atoms with E-state index in [1.165, 1.54) is 43.5 Å². The van der Waals surface area contributed by atoms with E-state index in [1.807, 2.05) is 0 Å². The predicted molar refractivity (Wildman–Crippen MR) is 143 cm³/mol. The van der Waals surface area contributed by atoms with Gasteiger partial charge in [-0.3, -0.25) is 9.10 Å². The van der Waals surface area contributed by atoms with Gasteiger partial charge in [-0.05, 0) is 73.0 Å². The Morgan fingerprint density at radius 3 is 2.55 bits per heavy atom. The number of nitrogens with zero attached hydrogens (tertiary/aromatic N) is 1. The Balaban J connectivity index is 1.79. The van der Waals surface area contributed by atoms with Crippen LogP contribution in [0.5, 0.6) is 5.75 Å². The second kappa shape index (κ2) is 11.5. The van der Waals surface area contributed by atoms with E-state index in [-0.39, 0.29) is 41.4 Å². The SMILES string of the molecule is COC(=O)CC[C@H]1CN(S(=O)(=O)c2cccc(C(F)(F)F)c2)c2cc(/C(C)=C/c3c(F)cccc3Cl)ccc2O1. The first-order valence-corrected chi connectivity index (χ1v) is 13.8. The number of methoxy groups -OCH3 is 1. The minimum absolute atomic E-state index is 0.0583. The number of benzene rings is 3. The normalized spacial score (nSPS) is 15.8. The summed E-state index contributed by atoms with van der Waals surface area (Å²) in [6.07, 6.45) is -3.98. The van der Waals surface area contributed by atoms with Gasteiger partial charge in [0.25, 0.3) is 10.0 Å². The number of esters is 1. The lowest BCUT2D eigenvalue weighted by Crippen LogP contribution is -2.43. The van der Waals surface area contributed by atoms with E-state index in [2.05, 4.69) is 4.74 Å². The highest BCUT2D eigenvalue weighted by Crippen LogP contribution is 2.41. The number of hydrogen-bond acceptors (Lipinski definition) is 5. The smallest absolute Gasteiger partial charge is 0.416 e. The monoisotopic (exact) mass is 597 g/mol. The molecule has 3 aromatic rings. The van der Waals surface area contributed by atoms with Gasteiger partial charge in [0.15, 0.2) is 0 Å². The van der Waals surface area contributed by atoms with E-state index in [0.717, 1.165) is 22.5 Å². The zero-order chi connectivity index (χ0) is 29.2. The Morgan fingerprint density at radius 2 is 1.88 bits per heavy atom. The van der Waals surface area contributed by atoms with Gasteiger partial charge in [0, 0.05) is 12.0 Å². The zero-order valence-electron chi connectivity index (χ0n) is 21.3. The highest BCUT2D eigenvalue weighted by atomic mass is 35.5. The molecule has 0 radical (unpaired) electrons. The standard InChI is InChI=1S/C28H24ClF4NO5S/c1-17(13-22-23(29)7-4-8-24(22)30)18-9-11-26-25(14-18)34(16-20(39-26)10-12-27(35)38-2)40(36,37)21-6-3-5-19(15-21)28(31,32)33/h3-9,11,13-15,20H,10,12,16H2,1-2H3/b17-13+/t20-/m0/s1. The van der Waals surface area contributed by atoms with Crippen LogP contribution in [0.1, 0.15) is 36.5 Å². The van der Waals surface area contributed by atoms with Crippen molar-refractivity contribution < 1.29 is 40.2 Å². The summed E-state index contributed by atoms with van der Waals surface area (Å²) >= 11 is 6.15. The number of halogens is 5. The molecule has 0 amide bonds. The van der Waals surface area contributed by atoms with Gasteiger partial charge < -0.3 is 9.47 Å². The summed E-state index contributed by atoms with van der Waals surface area (Å²) < 4.78 is 93.6. The second-order valence-electron chi connectivity index (χ2n) is 9.06. The van der Waals surface area contributed by atoms with Crippen LogP contribution in [-0.2, 0) is 25.7 Å². The number of allylic oxidation sites excluding steroid dienone is 1. The van der Waals surface area contributed by atoms with E-state index in [4.69, 9.17) is 16.3 Å². The van der Waals surface area contributed by atoms with E-state index >= 15 is 0 Å². The lowest BCUT2D eigenvalue weighted by atomic mass is 10.0. The number of carbonyl (C=O) groups is 1. The molecule has 212 valence electrons. The van der Waals surface area contributed by atoms with Crippen molar-refractivity contribution in [2.75, 3.05) is 18.0 Å². The summed E-state index contributed by atoms with van der Waals surface area (Å²) in [5.41, 5.74) is 0.153. The topological polar surface area (TPSA) is 72.9 Å². The van der Waals surface area contributed by atoms with Crippen molar-refractivity contribution in [2.24, 2.45) is 0 Å². The molecular formula is C28H24ClF4NO5S. The fourth-order valence-electron chi connectivity index (χ4n) is 4.22. The van der Waals surface area contributed by atoms with Crippen molar-refractivity contribution in [2.45, 2.75) is 36.9 Å². The average molecular weight is 598 g/mol. The van der Waals surface area contributed by atoms with E-state index < -0.39 is 44.5 Å². The van der Waals surface area contributed by atoms with Crippen LogP contribution in [0.3, 0.4) is 0 Å². The maximum atomic E-state index is 14.4. The van der Waals surface area contributed by atoms with E-state index in [9.17, 15) is 30.8 Å². The van der Waals surface area contributed by atoms with Crippen LogP contribution in [0.15, 0.2) is 65.6 Å². The summed E-state index contributed by atoms with van der Waals surface area (Å²) in [7, 11) is -3.30. The molecule has 12 heteroatoms. The number of hydrogen-bond donors (Lipinski definition) is 0. The molecule has 0 bridgehead atoms. The molecule has 0 saturated carbocycles. The fraction of sp³-hybridized carbons (Fsp3) is 0.250. The Hall–Kier alpha value is -3.57. The molecule has 0 N–H and O–H groups in total. The van der Waals surface area contributed by atoms with Gasteiger partial charge in [0.05, 0.1) is 34.8 Å². The molecule has 40 heavy (non-hydrogen) atoms. The first-order chi connectivity index (χ1) is 18.8. The predicted octanol–water partition coefficient (Wildman–Crippen LogP) is 6.97. The largest absolute Gasteiger partial charge is 0.486 e. The molecule has 1 heterocycles. The maximum Gasteiger partial charge on any atom is 0.416 e. The van der Waals surface area contributed by atoms with Gasteiger partial charge in [0.1, 0.15) is 17.7 Å². The van der Waals surface area contributed by atoms with Crippen molar-refractivity contribution >= 4 is 44.9 Å². The van der Waals surface area contributed by atoms with Crippen LogP contribution in [0.4, 0.5) is 23.2 Å². The van der Waals surface area contributed by atoms with Gasteiger partial charge in [-0.25, -0.2) is 12.8 Å². The van der Waals surface area contributed by atoms with Crippen molar-refractivity contribution in [3.63, 3.8) is 0 Å². The first kappa shape index (κ1) is 29.4. The summed E-state index contributed by atoms with van der Waals surface area (Å²) in [6.45, 7) is 1.41. The molecule has 0 aromatic heterocycles. The molecule has 1 aliphatic rings. The average Bonchev–Trinajstić information content (AvgIpc) is 2.92. The molecule has 6 nitrogen and oxygen atoms in total. The highest BCUT2D eigenvalue weighted by molar-refractivity contribution is 7.92. The number of ether oxygens (including phenoxy) is 2. The molecule has 0 unspecified atom stereocenters. The van der Waals surface area contributed by atoms with Crippen LogP contribution in [0, 0.1) is 5.82 Å². The summed E-state index contributed by atoms with van der Waals surface area (Å²) in [4.78, 5) is 11.1. The third kappa shape index (κ3) is 6.26. The zero-order valence-corrected chi connectivity index (χ0v) is 22.9. The Morgan fingerprint density at radius 1 is 1.15 bits per heavy atom. The minimum Gasteiger partial charge on any atom is -0.486 e. The van der Waals surface area contributed by atoms with Crippen molar-refractivity contribution in [1.82, 2.24) is 0 Å². The van der Waals surface area contributed by atoms with Gasteiger partial charge in [-0.2, -0.15) is 13.2 Å². The van der Waals surface area contributed by atoms with Crippen LogP contribution in [0.2, 0.25) is 5.02 Å². The molecule has 3 aromatic carbocycles. The van der Waals surface area contributed by atoms with E-state index in [0.29, 0.717) is 17.2 Å². The van der Waals surface area contributed by atoms with Gasteiger partial charge in [0.2, 0.25) is 0 Å². The highest BCUT2D eigenvalue weighted by Gasteiger charge is 2.37. The van der Waals surface area contributed by atoms with Crippen molar-refractivity contribution in [3.8, 4) is 5.75 Å². The number of fused-ring (bicyclic) bond motifs is 1. The molecule has 1 aliphatic heterocycles. The van der Waals surface area contributed by atoms with E-state index in [1.54, 1.807) is 13.0 Å². The lowest BCUT2D eigenvalue weighted by Gasteiger charge is -2.36. The third-order valence-electron chi connectivity index (χ3n) is 6.35. The minimum atomic E-state index is -4.75. The van der Waals surface area contributed by atoms with Crippen LogP contribution < -0.4 is 9.04 Å². The van der Waals surface area contributed by atoms with Gasteiger partial charge in [-0.1, -0.05) is 29.8 Å². The first-order valence-electron chi connectivity index (χ1n) is 12.0. The van der Waals surface area contributed by atoms with Crippen molar-refractivity contribution in [3.05, 3.63) is 88.2 Å². The number of alkyl halides is 3. The number of sulfonamides is 1. The lowest BCUT2D eigenvalue weighted by molar-refractivity contribution is -0.141. The molecule has 0 spiro atoms. The summed E-state index contributed by atoms with van der Waals surface area (Å²) in [6, 6.07) is 12.4. The molecule has 0 saturated heterocycles. The Labute approximate surface area is 233 Å².